The number of hydrogen-bond donors (Lipinski definition) is 1. The van der Waals surface area contributed by atoms with Crippen LogP contribution < -0.4 is 5.73 Å². The van der Waals surface area contributed by atoms with Gasteiger partial charge in [0.1, 0.15) is 5.82 Å². The van der Waals surface area contributed by atoms with Gasteiger partial charge < -0.3 is 5.73 Å². The van der Waals surface area contributed by atoms with Gasteiger partial charge in [0, 0.05) is 0 Å². The molecule has 0 bridgehead atoms. The molecule has 3 heteroatoms. The molecule has 0 saturated carbocycles. The van der Waals surface area contributed by atoms with Crippen LogP contribution in [-0.4, -0.2) is 6.54 Å². The standard InChI is InChI=1S/C13H19BrFN/c1-9(2)6-10(8-16)7-11-4-3-5-12(15)13(11)14/h3-5,9-10H,6-8,16H2,1-2H3. The fourth-order valence-electron chi connectivity index (χ4n) is 1.95. The van der Waals surface area contributed by atoms with Crippen LogP contribution in [0.25, 0.3) is 0 Å². The maximum absolute atomic E-state index is 13.3. The Balaban J connectivity index is 2.74. The minimum absolute atomic E-state index is 0.196. The molecule has 0 heterocycles. The molecule has 1 atom stereocenters. The largest absolute Gasteiger partial charge is 0.330 e. The van der Waals surface area contributed by atoms with Gasteiger partial charge in [-0.15, -0.1) is 0 Å². The Labute approximate surface area is 105 Å². The lowest BCUT2D eigenvalue weighted by Crippen LogP contribution is -2.19. The van der Waals surface area contributed by atoms with Crippen LogP contribution in [0.15, 0.2) is 22.7 Å². The Morgan fingerprint density at radius 1 is 1.38 bits per heavy atom. The van der Waals surface area contributed by atoms with E-state index in [1.54, 1.807) is 6.07 Å². The average Bonchev–Trinajstić information content (AvgIpc) is 2.23. The summed E-state index contributed by atoms with van der Waals surface area (Å²) in [6.45, 7) is 5.02. The zero-order valence-corrected chi connectivity index (χ0v) is 11.4. The molecule has 1 aromatic carbocycles. The maximum atomic E-state index is 13.3. The van der Waals surface area contributed by atoms with Crippen LogP contribution in [0.3, 0.4) is 0 Å². The Morgan fingerprint density at radius 3 is 2.62 bits per heavy atom. The van der Waals surface area contributed by atoms with Crippen molar-refractivity contribution in [1.82, 2.24) is 0 Å². The van der Waals surface area contributed by atoms with E-state index >= 15 is 0 Å². The van der Waals surface area contributed by atoms with E-state index in [-0.39, 0.29) is 5.82 Å². The molecule has 2 N–H and O–H groups in total. The highest BCUT2D eigenvalue weighted by Gasteiger charge is 2.13. The summed E-state index contributed by atoms with van der Waals surface area (Å²) in [7, 11) is 0. The molecular formula is C13H19BrFN. The highest BCUT2D eigenvalue weighted by Crippen LogP contribution is 2.24. The van der Waals surface area contributed by atoms with E-state index in [1.165, 1.54) is 6.07 Å². The number of halogens is 2. The molecule has 1 aromatic rings. The maximum Gasteiger partial charge on any atom is 0.137 e. The third-order valence-corrected chi connectivity index (χ3v) is 3.57. The van der Waals surface area contributed by atoms with Gasteiger partial charge in [-0.2, -0.15) is 0 Å². The van der Waals surface area contributed by atoms with Crippen LogP contribution in [-0.2, 0) is 6.42 Å². The van der Waals surface area contributed by atoms with Crippen LogP contribution in [0.4, 0.5) is 4.39 Å². The minimum Gasteiger partial charge on any atom is -0.330 e. The Kier molecular flexibility index (Phi) is 5.42. The summed E-state index contributed by atoms with van der Waals surface area (Å²) in [5, 5.41) is 0. The number of hydrogen-bond acceptors (Lipinski definition) is 1. The van der Waals surface area contributed by atoms with Crippen molar-refractivity contribution in [3.05, 3.63) is 34.1 Å². The summed E-state index contributed by atoms with van der Waals surface area (Å²) in [6.07, 6.45) is 1.92. The van der Waals surface area contributed by atoms with Gasteiger partial charge in [-0.1, -0.05) is 26.0 Å². The van der Waals surface area contributed by atoms with Gasteiger partial charge in [0.15, 0.2) is 0 Å². The molecule has 0 aliphatic carbocycles. The summed E-state index contributed by atoms with van der Waals surface area (Å²) >= 11 is 3.29. The van der Waals surface area contributed by atoms with Gasteiger partial charge in [-0.05, 0) is 58.8 Å². The second kappa shape index (κ2) is 6.36. The second-order valence-corrected chi connectivity index (χ2v) is 5.44. The van der Waals surface area contributed by atoms with Crippen molar-refractivity contribution in [1.29, 1.82) is 0 Å². The highest BCUT2D eigenvalue weighted by molar-refractivity contribution is 9.10. The van der Waals surface area contributed by atoms with E-state index in [2.05, 4.69) is 29.8 Å². The quantitative estimate of drug-likeness (QED) is 0.877. The first-order valence-corrected chi connectivity index (χ1v) is 6.46. The number of rotatable bonds is 5. The van der Waals surface area contributed by atoms with Crippen molar-refractivity contribution in [3.8, 4) is 0 Å². The van der Waals surface area contributed by atoms with Crippen molar-refractivity contribution in [2.24, 2.45) is 17.6 Å². The summed E-state index contributed by atoms with van der Waals surface area (Å²) in [6, 6.07) is 5.17. The van der Waals surface area contributed by atoms with Crippen LogP contribution in [0, 0.1) is 17.7 Å². The molecular weight excluding hydrogens is 269 g/mol. The predicted molar refractivity (Wildman–Crippen MR) is 69.8 cm³/mol. The molecule has 0 aromatic heterocycles. The zero-order chi connectivity index (χ0) is 12.1. The topological polar surface area (TPSA) is 26.0 Å². The molecule has 1 rings (SSSR count). The second-order valence-electron chi connectivity index (χ2n) is 4.65. The van der Waals surface area contributed by atoms with Gasteiger partial charge in [0.2, 0.25) is 0 Å². The molecule has 90 valence electrons. The molecule has 0 saturated heterocycles. The first-order valence-electron chi connectivity index (χ1n) is 5.67. The highest BCUT2D eigenvalue weighted by atomic mass is 79.9. The third kappa shape index (κ3) is 3.87. The van der Waals surface area contributed by atoms with Crippen molar-refractivity contribution >= 4 is 15.9 Å². The summed E-state index contributed by atoms with van der Waals surface area (Å²) < 4.78 is 13.9. The summed E-state index contributed by atoms with van der Waals surface area (Å²) in [4.78, 5) is 0. The lowest BCUT2D eigenvalue weighted by Gasteiger charge is -2.17. The lowest BCUT2D eigenvalue weighted by molar-refractivity contribution is 0.414. The Morgan fingerprint density at radius 2 is 2.06 bits per heavy atom. The van der Waals surface area contributed by atoms with Crippen molar-refractivity contribution in [3.63, 3.8) is 0 Å². The van der Waals surface area contributed by atoms with E-state index in [9.17, 15) is 4.39 Å². The Hall–Kier alpha value is -0.410. The summed E-state index contributed by atoms with van der Waals surface area (Å²) in [5.74, 6) is 0.858. The smallest absolute Gasteiger partial charge is 0.137 e. The number of benzene rings is 1. The SMILES string of the molecule is CC(C)CC(CN)Cc1cccc(F)c1Br. The fraction of sp³-hybridized carbons (Fsp3) is 0.538. The van der Waals surface area contributed by atoms with Crippen LogP contribution in [0.5, 0.6) is 0 Å². The first-order chi connectivity index (χ1) is 7.54. The van der Waals surface area contributed by atoms with Gasteiger partial charge in [0.25, 0.3) is 0 Å². The van der Waals surface area contributed by atoms with Crippen LogP contribution in [0.1, 0.15) is 25.8 Å². The van der Waals surface area contributed by atoms with Crippen molar-refractivity contribution in [2.75, 3.05) is 6.54 Å². The summed E-state index contributed by atoms with van der Waals surface area (Å²) in [5.41, 5.74) is 6.76. The van der Waals surface area contributed by atoms with Gasteiger partial charge in [-0.25, -0.2) is 4.39 Å². The van der Waals surface area contributed by atoms with Gasteiger partial charge in [-0.3, -0.25) is 0 Å². The van der Waals surface area contributed by atoms with Gasteiger partial charge in [0.05, 0.1) is 4.47 Å². The zero-order valence-electron chi connectivity index (χ0n) is 9.84. The third-order valence-electron chi connectivity index (χ3n) is 2.68. The molecule has 0 spiro atoms. The normalized spacial score (nSPS) is 13.1. The average molecular weight is 288 g/mol. The van der Waals surface area contributed by atoms with E-state index in [4.69, 9.17) is 5.73 Å². The van der Waals surface area contributed by atoms with E-state index < -0.39 is 0 Å². The molecule has 0 amide bonds. The minimum atomic E-state index is -0.196. The Bertz CT molecular complexity index is 339. The van der Waals surface area contributed by atoms with Crippen molar-refractivity contribution in [2.45, 2.75) is 26.7 Å². The lowest BCUT2D eigenvalue weighted by atomic mass is 9.91. The molecule has 0 aliphatic heterocycles. The first kappa shape index (κ1) is 13.7. The molecule has 0 radical (unpaired) electrons. The van der Waals surface area contributed by atoms with E-state index in [0.717, 1.165) is 18.4 Å². The predicted octanol–water partition coefficient (Wildman–Crippen LogP) is 3.75. The molecule has 0 fully saturated rings. The molecule has 1 unspecified atom stereocenters. The number of nitrogens with two attached hydrogens (primary N) is 1. The van der Waals surface area contributed by atoms with Crippen molar-refractivity contribution < 1.29 is 4.39 Å². The molecule has 1 nitrogen and oxygen atoms in total. The van der Waals surface area contributed by atoms with Crippen LogP contribution in [0.2, 0.25) is 0 Å². The fourth-order valence-corrected chi connectivity index (χ4v) is 2.37. The monoisotopic (exact) mass is 287 g/mol. The molecule has 16 heavy (non-hydrogen) atoms. The van der Waals surface area contributed by atoms with Crippen LogP contribution >= 0.6 is 15.9 Å². The van der Waals surface area contributed by atoms with E-state index in [0.29, 0.717) is 22.9 Å². The molecule has 0 aliphatic rings. The van der Waals surface area contributed by atoms with Gasteiger partial charge >= 0.3 is 0 Å². The van der Waals surface area contributed by atoms with E-state index in [1.807, 2.05) is 6.07 Å².